The average Bonchev–Trinajstić information content (AvgIpc) is 3.10. The molecule has 0 bridgehead atoms. The van der Waals surface area contributed by atoms with Crippen LogP contribution in [0.3, 0.4) is 0 Å². The van der Waals surface area contributed by atoms with Crippen molar-refractivity contribution in [3.05, 3.63) is 54.3 Å². The van der Waals surface area contributed by atoms with Crippen molar-refractivity contribution < 1.29 is 13.9 Å². The summed E-state index contributed by atoms with van der Waals surface area (Å²) in [5.74, 6) is 0.401. The number of hydrogen-bond acceptors (Lipinski definition) is 5. The fourth-order valence-corrected chi connectivity index (χ4v) is 2.86. The second kappa shape index (κ2) is 8.39. The molecule has 1 aromatic heterocycles. The number of anilines is 2. The number of ether oxygens (including phenoxy) is 1. The first-order chi connectivity index (χ1) is 12.6. The number of aromatic nitrogens is 2. The first-order valence-electron chi connectivity index (χ1n) is 8.04. The van der Waals surface area contributed by atoms with Crippen LogP contribution in [0.4, 0.5) is 20.0 Å². The lowest BCUT2D eigenvalue weighted by Crippen LogP contribution is -2.19. The highest BCUT2D eigenvalue weighted by atomic mass is 32.1. The number of hydrogen-bond donors (Lipinski definition) is 2. The molecule has 0 fully saturated rings. The van der Waals surface area contributed by atoms with Gasteiger partial charge in [0.15, 0.2) is 0 Å². The van der Waals surface area contributed by atoms with Crippen molar-refractivity contribution in [1.82, 2.24) is 10.2 Å². The lowest BCUT2D eigenvalue weighted by Gasteiger charge is -2.05. The van der Waals surface area contributed by atoms with Crippen LogP contribution in [-0.4, -0.2) is 22.8 Å². The van der Waals surface area contributed by atoms with E-state index in [1.807, 2.05) is 31.2 Å². The molecule has 3 rings (SSSR count). The van der Waals surface area contributed by atoms with Crippen LogP contribution in [0.15, 0.2) is 48.5 Å². The molecule has 0 unspecified atom stereocenters. The Morgan fingerprint density at radius 2 is 1.96 bits per heavy atom. The second-order valence-corrected chi connectivity index (χ2v) is 6.35. The van der Waals surface area contributed by atoms with Gasteiger partial charge in [-0.25, -0.2) is 9.18 Å². The van der Waals surface area contributed by atoms with Gasteiger partial charge in [0.25, 0.3) is 0 Å². The van der Waals surface area contributed by atoms with Gasteiger partial charge in [-0.2, -0.15) is 0 Å². The molecule has 8 heteroatoms. The SMILES string of the molecule is CCCOc1cccc(-c2nnc(NC(=O)Nc3ccc(F)cc3)s2)c1. The molecule has 3 aromatic rings. The van der Waals surface area contributed by atoms with Gasteiger partial charge in [0.05, 0.1) is 6.61 Å². The molecule has 26 heavy (non-hydrogen) atoms. The Hall–Kier alpha value is -3.00. The molecule has 6 nitrogen and oxygen atoms in total. The highest BCUT2D eigenvalue weighted by Gasteiger charge is 2.10. The van der Waals surface area contributed by atoms with E-state index in [1.165, 1.54) is 35.6 Å². The Morgan fingerprint density at radius 1 is 1.15 bits per heavy atom. The van der Waals surface area contributed by atoms with Crippen molar-refractivity contribution in [2.75, 3.05) is 17.2 Å². The summed E-state index contributed by atoms with van der Waals surface area (Å²) in [6.07, 6.45) is 0.931. The van der Waals surface area contributed by atoms with Crippen LogP contribution in [0.2, 0.25) is 0 Å². The highest BCUT2D eigenvalue weighted by molar-refractivity contribution is 7.18. The minimum absolute atomic E-state index is 0.361. The van der Waals surface area contributed by atoms with E-state index in [4.69, 9.17) is 4.74 Å². The van der Waals surface area contributed by atoms with E-state index in [2.05, 4.69) is 20.8 Å². The number of urea groups is 1. The van der Waals surface area contributed by atoms with Gasteiger partial charge in [0, 0.05) is 11.3 Å². The van der Waals surface area contributed by atoms with Crippen LogP contribution in [-0.2, 0) is 0 Å². The molecule has 0 aliphatic heterocycles. The van der Waals surface area contributed by atoms with E-state index < -0.39 is 6.03 Å². The van der Waals surface area contributed by atoms with Gasteiger partial charge < -0.3 is 10.1 Å². The van der Waals surface area contributed by atoms with Gasteiger partial charge in [0.1, 0.15) is 16.6 Å². The third-order valence-corrected chi connectivity index (χ3v) is 4.19. The van der Waals surface area contributed by atoms with Crippen LogP contribution >= 0.6 is 11.3 Å². The van der Waals surface area contributed by atoms with Crippen molar-refractivity contribution in [3.63, 3.8) is 0 Å². The van der Waals surface area contributed by atoms with Crippen LogP contribution in [0.1, 0.15) is 13.3 Å². The lowest BCUT2D eigenvalue weighted by molar-refractivity contribution is 0.262. The average molecular weight is 372 g/mol. The topological polar surface area (TPSA) is 76.1 Å². The van der Waals surface area contributed by atoms with Gasteiger partial charge in [-0.3, -0.25) is 5.32 Å². The zero-order valence-corrected chi connectivity index (χ0v) is 14.8. The fourth-order valence-electron chi connectivity index (χ4n) is 2.12. The Labute approximate surface area is 154 Å². The number of nitrogens with zero attached hydrogens (tertiary/aromatic N) is 2. The van der Waals surface area contributed by atoms with Crippen LogP contribution < -0.4 is 15.4 Å². The molecule has 0 radical (unpaired) electrons. The predicted molar refractivity (Wildman–Crippen MR) is 100 cm³/mol. The molecule has 2 amide bonds. The summed E-state index contributed by atoms with van der Waals surface area (Å²) in [6.45, 7) is 2.69. The number of halogens is 1. The lowest BCUT2D eigenvalue weighted by atomic mass is 10.2. The molecule has 2 aromatic carbocycles. The van der Waals surface area contributed by atoms with Gasteiger partial charge in [-0.15, -0.1) is 10.2 Å². The Bertz CT molecular complexity index is 883. The van der Waals surface area contributed by atoms with E-state index in [9.17, 15) is 9.18 Å². The first kappa shape index (κ1) is 17.8. The third kappa shape index (κ3) is 4.76. The molecule has 0 spiro atoms. The molecule has 0 atom stereocenters. The zero-order valence-electron chi connectivity index (χ0n) is 14.0. The monoisotopic (exact) mass is 372 g/mol. The summed E-state index contributed by atoms with van der Waals surface area (Å²) in [5, 5.41) is 14.3. The van der Waals surface area contributed by atoms with Crippen molar-refractivity contribution >= 4 is 28.2 Å². The normalized spacial score (nSPS) is 10.4. The summed E-state index contributed by atoms with van der Waals surface area (Å²) in [4.78, 5) is 12.0. The van der Waals surface area contributed by atoms with Crippen LogP contribution in [0, 0.1) is 5.82 Å². The molecule has 0 aliphatic rings. The van der Waals surface area contributed by atoms with Crippen LogP contribution in [0.5, 0.6) is 5.75 Å². The van der Waals surface area contributed by atoms with Gasteiger partial charge in [-0.1, -0.05) is 30.4 Å². The van der Waals surface area contributed by atoms with Gasteiger partial charge >= 0.3 is 6.03 Å². The fraction of sp³-hybridized carbons (Fsp3) is 0.167. The second-order valence-electron chi connectivity index (χ2n) is 5.37. The molecule has 1 heterocycles. The minimum Gasteiger partial charge on any atom is -0.494 e. The quantitative estimate of drug-likeness (QED) is 0.653. The molecular weight excluding hydrogens is 355 g/mol. The molecule has 0 aliphatic carbocycles. The Morgan fingerprint density at radius 3 is 2.73 bits per heavy atom. The Balaban J connectivity index is 1.64. The predicted octanol–water partition coefficient (Wildman–Crippen LogP) is 4.78. The standard InChI is InChI=1S/C18H17FN4O2S/c1-2-10-25-15-5-3-4-12(11-15)16-22-23-18(26-16)21-17(24)20-14-8-6-13(19)7-9-14/h3-9,11H,2,10H2,1H3,(H2,20,21,23,24). The summed E-state index contributed by atoms with van der Waals surface area (Å²) in [6, 6.07) is 12.6. The zero-order chi connectivity index (χ0) is 18.4. The van der Waals surface area contributed by atoms with E-state index >= 15 is 0 Å². The maximum absolute atomic E-state index is 12.9. The number of carbonyl (C=O) groups is 1. The number of benzene rings is 2. The summed E-state index contributed by atoms with van der Waals surface area (Å²) >= 11 is 1.25. The van der Waals surface area contributed by atoms with Crippen molar-refractivity contribution in [1.29, 1.82) is 0 Å². The van der Waals surface area contributed by atoms with E-state index in [1.54, 1.807) is 0 Å². The number of rotatable bonds is 6. The van der Waals surface area contributed by atoms with Crippen molar-refractivity contribution in [2.24, 2.45) is 0 Å². The number of carbonyl (C=O) groups excluding carboxylic acids is 1. The largest absolute Gasteiger partial charge is 0.494 e. The smallest absolute Gasteiger partial charge is 0.325 e. The molecule has 0 saturated heterocycles. The maximum Gasteiger partial charge on any atom is 0.325 e. The number of amides is 2. The van der Waals surface area contributed by atoms with Crippen LogP contribution in [0.25, 0.3) is 10.6 Å². The molecule has 134 valence electrons. The molecular formula is C18H17FN4O2S. The van der Waals surface area contributed by atoms with E-state index in [-0.39, 0.29) is 5.82 Å². The minimum atomic E-state index is -0.473. The maximum atomic E-state index is 12.9. The van der Waals surface area contributed by atoms with E-state index in [0.717, 1.165) is 17.7 Å². The summed E-state index contributed by atoms with van der Waals surface area (Å²) in [7, 11) is 0. The van der Waals surface area contributed by atoms with Gasteiger partial charge in [0.2, 0.25) is 5.13 Å². The highest BCUT2D eigenvalue weighted by Crippen LogP contribution is 2.29. The number of nitrogens with one attached hydrogen (secondary N) is 2. The Kier molecular flexibility index (Phi) is 5.75. The van der Waals surface area contributed by atoms with Gasteiger partial charge in [-0.05, 0) is 42.8 Å². The molecule has 0 saturated carbocycles. The van der Waals surface area contributed by atoms with Crippen molar-refractivity contribution in [2.45, 2.75) is 13.3 Å². The summed E-state index contributed by atoms with van der Waals surface area (Å²) in [5.41, 5.74) is 1.34. The van der Waals surface area contributed by atoms with Crippen molar-refractivity contribution in [3.8, 4) is 16.3 Å². The third-order valence-electron chi connectivity index (χ3n) is 3.30. The first-order valence-corrected chi connectivity index (χ1v) is 8.86. The molecule has 2 N–H and O–H groups in total. The summed E-state index contributed by atoms with van der Waals surface area (Å²) < 4.78 is 18.5. The van der Waals surface area contributed by atoms with E-state index in [0.29, 0.717) is 22.4 Å².